The molecule has 1 unspecified atom stereocenters. The van der Waals surface area contributed by atoms with Gasteiger partial charge in [-0.25, -0.2) is 0 Å². The van der Waals surface area contributed by atoms with Gasteiger partial charge in [0.2, 0.25) is 0 Å². The maximum Gasteiger partial charge on any atom is 0.150 e. The molecule has 0 amide bonds. The number of aliphatic hydroxyl groups excluding tert-OH is 1. The molecular formula is C10H16N2O2. The average Bonchev–Trinajstić information content (AvgIpc) is 2.76. The van der Waals surface area contributed by atoms with Gasteiger partial charge in [0, 0.05) is 19.2 Å². The molecule has 4 heteroatoms. The van der Waals surface area contributed by atoms with Crippen molar-refractivity contribution in [1.82, 2.24) is 10.1 Å². The summed E-state index contributed by atoms with van der Waals surface area (Å²) in [7, 11) is 0. The minimum atomic E-state index is 0.298. The minimum Gasteiger partial charge on any atom is -0.396 e. The van der Waals surface area contributed by atoms with E-state index in [2.05, 4.69) is 10.1 Å². The minimum absolute atomic E-state index is 0.298. The normalized spacial score (nSPS) is 23.1. The number of aliphatic hydroxyl groups is 1. The highest BCUT2D eigenvalue weighted by molar-refractivity contribution is 5.03. The third-order valence-electron chi connectivity index (χ3n) is 2.68. The second kappa shape index (κ2) is 4.11. The van der Waals surface area contributed by atoms with Crippen molar-refractivity contribution in [2.75, 3.05) is 19.7 Å². The Bertz CT molecular complexity index is 298. The van der Waals surface area contributed by atoms with Gasteiger partial charge >= 0.3 is 0 Å². The maximum atomic E-state index is 8.99. The van der Waals surface area contributed by atoms with Crippen LogP contribution in [0.4, 0.5) is 0 Å². The Morgan fingerprint density at radius 3 is 3.14 bits per heavy atom. The number of likely N-dealkylation sites (tertiary alicyclic amines) is 1. The molecule has 2 rings (SSSR count). The molecule has 0 saturated carbocycles. The molecular weight excluding hydrogens is 180 g/mol. The van der Waals surface area contributed by atoms with Gasteiger partial charge in [0.25, 0.3) is 0 Å². The molecule has 14 heavy (non-hydrogen) atoms. The fourth-order valence-corrected chi connectivity index (χ4v) is 1.92. The van der Waals surface area contributed by atoms with Crippen LogP contribution in [0.1, 0.15) is 17.9 Å². The monoisotopic (exact) mass is 196 g/mol. The second-order valence-corrected chi connectivity index (χ2v) is 4.01. The number of rotatable bonds is 3. The highest BCUT2D eigenvalue weighted by Crippen LogP contribution is 2.18. The zero-order chi connectivity index (χ0) is 9.97. The molecule has 0 aliphatic carbocycles. The Labute approximate surface area is 83.5 Å². The summed E-state index contributed by atoms with van der Waals surface area (Å²) in [5.74, 6) is 1.36. The fraction of sp³-hybridized carbons (Fsp3) is 0.700. The lowest BCUT2D eigenvalue weighted by molar-refractivity contribution is 0.213. The zero-order valence-corrected chi connectivity index (χ0v) is 8.44. The Morgan fingerprint density at radius 1 is 1.71 bits per heavy atom. The van der Waals surface area contributed by atoms with Gasteiger partial charge < -0.3 is 9.63 Å². The lowest BCUT2D eigenvalue weighted by atomic mass is 10.1. The van der Waals surface area contributed by atoms with Crippen LogP contribution in [0.15, 0.2) is 10.6 Å². The van der Waals surface area contributed by atoms with E-state index in [1.807, 2.05) is 13.0 Å². The van der Waals surface area contributed by atoms with Crippen LogP contribution in [-0.2, 0) is 6.54 Å². The van der Waals surface area contributed by atoms with Crippen LogP contribution in [0.25, 0.3) is 0 Å². The molecule has 1 fully saturated rings. The third-order valence-corrected chi connectivity index (χ3v) is 2.68. The molecule has 1 aliphatic rings. The molecule has 1 aliphatic heterocycles. The SMILES string of the molecule is Cc1cc(CN2CCC(CO)C2)on1. The van der Waals surface area contributed by atoms with Crippen LogP contribution in [0, 0.1) is 12.8 Å². The van der Waals surface area contributed by atoms with Gasteiger partial charge in [-0.15, -0.1) is 0 Å². The number of aryl methyl sites for hydroxylation is 1. The van der Waals surface area contributed by atoms with Gasteiger partial charge in [0.05, 0.1) is 12.2 Å². The maximum absolute atomic E-state index is 8.99. The Balaban J connectivity index is 1.87. The largest absolute Gasteiger partial charge is 0.396 e. The van der Waals surface area contributed by atoms with E-state index in [1.54, 1.807) is 0 Å². The quantitative estimate of drug-likeness (QED) is 0.776. The standard InChI is InChI=1S/C10H16N2O2/c1-8-4-10(14-11-8)6-12-3-2-9(5-12)7-13/h4,9,13H,2-3,5-7H2,1H3. The van der Waals surface area contributed by atoms with Crippen LogP contribution in [0.2, 0.25) is 0 Å². The van der Waals surface area contributed by atoms with Gasteiger partial charge in [-0.1, -0.05) is 5.16 Å². The lowest BCUT2D eigenvalue weighted by Crippen LogP contribution is -2.20. The van der Waals surface area contributed by atoms with Crippen LogP contribution < -0.4 is 0 Å². The summed E-state index contributed by atoms with van der Waals surface area (Å²) in [4.78, 5) is 2.29. The van der Waals surface area contributed by atoms with E-state index < -0.39 is 0 Å². The van der Waals surface area contributed by atoms with Crippen LogP contribution in [0.3, 0.4) is 0 Å². The van der Waals surface area contributed by atoms with Gasteiger partial charge in [-0.2, -0.15) is 0 Å². The van der Waals surface area contributed by atoms with Gasteiger partial charge in [0.15, 0.2) is 5.76 Å². The first-order valence-corrected chi connectivity index (χ1v) is 5.03. The van der Waals surface area contributed by atoms with Crippen LogP contribution in [0.5, 0.6) is 0 Å². The Morgan fingerprint density at radius 2 is 2.57 bits per heavy atom. The first kappa shape index (κ1) is 9.68. The molecule has 4 nitrogen and oxygen atoms in total. The van der Waals surface area contributed by atoms with E-state index in [9.17, 15) is 0 Å². The molecule has 78 valence electrons. The van der Waals surface area contributed by atoms with Crippen molar-refractivity contribution < 1.29 is 9.63 Å². The van der Waals surface area contributed by atoms with Crippen molar-refractivity contribution in [3.63, 3.8) is 0 Å². The number of nitrogens with zero attached hydrogens (tertiary/aromatic N) is 2. The number of aromatic nitrogens is 1. The number of hydrogen-bond acceptors (Lipinski definition) is 4. The first-order chi connectivity index (χ1) is 6.78. The summed E-state index contributed by atoms with van der Waals surface area (Å²) in [5, 5.41) is 12.8. The zero-order valence-electron chi connectivity index (χ0n) is 8.44. The number of hydrogen-bond donors (Lipinski definition) is 1. The second-order valence-electron chi connectivity index (χ2n) is 4.01. The first-order valence-electron chi connectivity index (χ1n) is 5.03. The molecule has 0 bridgehead atoms. The summed E-state index contributed by atoms with van der Waals surface area (Å²) in [5.41, 5.74) is 0.929. The summed E-state index contributed by atoms with van der Waals surface area (Å²) >= 11 is 0. The van der Waals surface area contributed by atoms with E-state index in [0.29, 0.717) is 12.5 Å². The molecule has 1 N–H and O–H groups in total. The predicted octanol–water partition coefficient (Wildman–Crippen LogP) is 0.797. The molecule has 0 radical (unpaired) electrons. The van der Waals surface area contributed by atoms with Crippen molar-refractivity contribution in [1.29, 1.82) is 0 Å². The van der Waals surface area contributed by atoms with Crippen molar-refractivity contribution in [2.24, 2.45) is 5.92 Å². The highest BCUT2D eigenvalue weighted by Gasteiger charge is 2.22. The van der Waals surface area contributed by atoms with Gasteiger partial charge in [0.1, 0.15) is 0 Å². The molecule has 1 aromatic heterocycles. The summed E-state index contributed by atoms with van der Waals surface area (Å²) in [6.07, 6.45) is 1.09. The van der Waals surface area contributed by atoms with Crippen molar-refractivity contribution in [3.8, 4) is 0 Å². The summed E-state index contributed by atoms with van der Waals surface area (Å²) in [6.45, 7) is 5.05. The molecule has 1 atom stereocenters. The highest BCUT2D eigenvalue weighted by atomic mass is 16.5. The van der Waals surface area contributed by atoms with Crippen molar-refractivity contribution in [2.45, 2.75) is 19.9 Å². The Hall–Kier alpha value is -0.870. The summed E-state index contributed by atoms with van der Waals surface area (Å²) in [6, 6.07) is 1.96. The van der Waals surface area contributed by atoms with E-state index in [-0.39, 0.29) is 0 Å². The van der Waals surface area contributed by atoms with Crippen molar-refractivity contribution >= 4 is 0 Å². The smallest absolute Gasteiger partial charge is 0.150 e. The van der Waals surface area contributed by atoms with Crippen LogP contribution in [-0.4, -0.2) is 34.9 Å². The van der Waals surface area contributed by atoms with Crippen LogP contribution >= 0.6 is 0 Å². The van der Waals surface area contributed by atoms with Gasteiger partial charge in [-0.05, 0) is 25.8 Å². The Kier molecular flexibility index (Phi) is 2.84. The van der Waals surface area contributed by atoms with E-state index in [0.717, 1.165) is 37.5 Å². The third kappa shape index (κ3) is 2.13. The van der Waals surface area contributed by atoms with Gasteiger partial charge in [-0.3, -0.25) is 4.90 Å². The summed E-state index contributed by atoms with van der Waals surface area (Å²) < 4.78 is 5.14. The topological polar surface area (TPSA) is 49.5 Å². The molecule has 1 saturated heterocycles. The predicted molar refractivity (Wildman–Crippen MR) is 51.7 cm³/mol. The molecule has 0 spiro atoms. The fourth-order valence-electron chi connectivity index (χ4n) is 1.92. The van der Waals surface area contributed by atoms with Crippen molar-refractivity contribution in [3.05, 3.63) is 17.5 Å². The molecule has 0 aromatic carbocycles. The van der Waals surface area contributed by atoms with E-state index in [1.165, 1.54) is 0 Å². The lowest BCUT2D eigenvalue weighted by Gasteiger charge is -2.12. The van der Waals surface area contributed by atoms with E-state index in [4.69, 9.17) is 9.63 Å². The van der Waals surface area contributed by atoms with E-state index >= 15 is 0 Å². The molecule has 2 heterocycles. The molecule has 1 aromatic rings. The average molecular weight is 196 g/mol.